The number of nitrogens with zero attached hydrogens (tertiary/aromatic N) is 4. The quantitative estimate of drug-likeness (QED) is 0.133. The standard InChI is InChI=1S/C53H80N4O16/c1-12-41(61)69-40-27-43(63)68-38(19-14-17-35-26-37-18-15-22-54-51(37)55-29-35)20-16-23-57(10)30-39(60)31(3)25-36(21-24-58)48(49(40)65-11)72-52-46(64)45(56(8)9)47(32(4)67-52)71-44-28-53(7,73-34(6)59)50(33(5)66-44)70-42(62)13-2/h14-15,17-18,22,24,26,29,31-33,36,38-40,44-50,52,60,64H,12-13,16,19-21,23,25,27-28,30H2,1-11H3/b17-14+/t31-,32?,33?,36+,38+,39+,40-,44+,45?,46?,47+,48+,49+,50+,52+,53?/m1/s1. The molecule has 0 aliphatic carbocycles. The Morgan fingerprint density at radius 3 is 2.38 bits per heavy atom. The number of methoxy groups -OCH3 is 1. The van der Waals surface area contributed by atoms with Gasteiger partial charge < -0.3 is 67.4 Å². The minimum Gasteiger partial charge on any atom is -0.462 e. The first-order chi connectivity index (χ1) is 34.7. The van der Waals surface area contributed by atoms with Gasteiger partial charge in [0.15, 0.2) is 29.9 Å². The van der Waals surface area contributed by atoms with Crippen LogP contribution in [0.25, 0.3) is 17.1 Å². The number of aliphatic hydroxyl groups excluding tert-OH is 2. The van der Waals surface area contributed by atoms with E-state index in [1.165, 1.54) is 14.0 Å². The van der Waals surface area contributed by atoms with Gasteiger partial charge >= 0.3 is 23.9 Å². The zero-order valence-corrected chi connectivity index (χ0v) is 44.5. The van der Waals surface area contributed by atoms with E-state index in [0.717, 1.165) is 17.2 Å². The molecule has 0 aromatic carbocycles. The lowest BCUT2D eigenvalue weighted by Crippen LogP contribution is -2.66. The lowest BCUT2D eigenvalue weighted by Gasteiger charge is -2.50. The molecule has 5 rings (SSSR count). The third kappa shape index (κ3) is 16.5. The first-order valence-electron chi connectivity index (χ1n) is 25.6. The minimum atomic E-state index is -1.45. The molecule has 20 heteroatoms. The first-order valence-corrected chi connectivity index (χ1v) is 25.6. The van der Waals surface area contributed by atoms with Crippen LogP contribution in [0.4, 0.5) is 0 Å². The largest absolute Gasteiger partial charge is 0.462 e. The van der Waals surface area contributed by atoms with Gasteiger partial charge in [-0.1, -0.05) is 32.9 Å². The maximum absolute atomic E-state index is 14.2. The van der Waals surface area contributed by atoms with Crippen molar-refractivity contribution < 1.29 is 76.8 Å². The Kier molecular flexibility index (Phi) is 22.7. The summed E-state index contributed by atoms with van der Waals surface area (Å²) in [4.78, 5) is 77.4. The highest BCUT2D eigenvalue weighted by molar-refractivity contribution is 5.77. The van der Waals surface area contributed by atoms with Crippen molar-refractivity contribution in [3.8, 4) is 0 Å². The molecule has 2 aromatic heterocycles. The number of hydrogen-bond acceptors (Lipinski definition) is 20. The van der Waals surface area contributed by atoms with Gasteiger partial charge in [-0.2, -0.15) is 0 Å². The lowest BCUT2D eigenvalue weighted by molar-refractivity contribution is -0.344. The SMILES string of the molecule is CCC(=O)O[C@@H]1CC(=O)O[C@@H](C/C=C/c2cnc3ncccc3c2)CCCN(C)C[C@H](O)[C@H](C)C[C@H](CC=O)[C@H](O[C@@H]2OC(C)[C@H](O[C@H]3CC(C)(OC(C)=O)[C@@H](OC(=O)CC)C(C)O3)C(N(C)C)C2O)[C@H]1OC. The van der Waals surface area contributed by atoms with Gasteiger partial charge in [0.05, 0.1) is 36.9 Å². The third-order valence-corrected chi connectivity index (χ3v) is 14.0. The number of aldehydes is 1. The Bertz CT molecular complexity index is 2150. The average Bonchev–Trinajstić information content (AvgIpc) is 3.32. The molecule has 16 atom stereocenters. The molecule has 20 nitrogen and oxygen atoms in total. The number of likely N-dealkylation sites (N-methyl/N-ethyl adjacent to an activating group) is 2. The van der Waals surface area contributed by atoms with E-state index in [2.05, 4.69) is 9.97 Å². The summed E-state index contributed by atoms with van der Waals surface area (Å²) in [6, 6.07) is 4.91. The van der Waals surface area contributed by atoms with Crippen LogP contribution >= 0.6 is 0 Å². The van der Waals surface area contributed by atoms with Gasteiger partial charge in [0.1, 0.15) is 36.8 Å². The molecule has 0 amide bonds. The van der Waals surface area contributed by atoms with Crippen molar-refractivity contribution in [3.63, 3.8) is 0 Å². The van der Waals surface area contributed by atoms with Gasteiger partial charge in [-0.05, 0) is 103 Å². The van der Waals surface area contributed by atoms with E-state index in [4.69, 9.17) is 42.6 Å². The number of carbonyl (C=O) groups excluding carboxylic acids is 5. The summed E-state index contributed by atoms with van der Waals surface area (Å²) in [6.07, 6.45) is -3.22. The fraction of sp³-hybridized carbons (Fsp3) is 0.717. The summed E-state index contributed by atoms with van der Waals surface area (Å²) in [5.74, 6) is -3.49. The zero-order chi connectivity index (χ0) is 53.6. The van der Waals surface area contributed by atoms with E-state index < -0.39 is 127 Å². The molecule has 0 bridgehead atoms. The molecule has 2 aromatic rings. The second kappa shape index (κ2) is 27.9. The van der Waals surface area contributed by atoms with E-state index in [1.54, 1.807) is 66.0 Å². The van der Waals surface area contributed by atoms with Crippen molar-refractivity contribution in [2.45, 2.75) is 192 Å². The van der Waals surface area contributed by atoms with Crippen LogP contribution in [0.5, 0.6) is 0 Å². The van der Waals surface area contributed by atoms with Crippen molar-refractivity contribution in [2.24, 2.45) is 11.8 Å². The van der Waals surface area contributed by atoms with Crippen LogP contribution in [-0.2, 0) is 66.6 Å². The number of aliphatic hydroxyl groups is 2. The van der Waals surface area contributed by atoms with Gasteiger partial charge in [-0.3, -0.25) is 19.2 Å². The Morgan fingerprint density at radius 1 is 0.986 bits per heavy atom. The molecule has 3 saturated heterocycles. The van der Waals surface area contributed by atoms with Crippen LogP contribution in [0.15, 0.2) is 36.7 Å². The van der Waals surface area contributed by atoms with Gasteiger partial charge in [0.25, 0.3) is 0 Å². The molecule has 5 unspecified atom stereocenters. The van der Waals surface area contributed by atoms with Crippen molar-refractivity contribution in [3.05, 3.63) is 42.2 Å². The maximum Gasteiger partial charge on any atom is 0.309 e. The lowest BCUT2D eigenvalue weighted by atomic mass is 9.82. The van der Waals surface area contributed by atoms with Gasteiger partial charge in [-0.25, -0.2) is 9.97 Å². The van der Waals surface area contributed by atoms with Crippen molar-refractivity contribution >= 4 is 47.3 Å². The number of pyridine rings is 2. The summed E-state index contributed by atoms with van der Waals surface area (Å²) >= 11 is 0. The van der Waals surface area contributed by atoms with Crippen molar-refractivity contribution in [2.75, 3.05) is 41.3 Å². The molecule has 3 aliphatic heterocycles. The van der Waals surface area contributed by atoms with Crippen LogP contribution < -0.4 is 0 Å². The number of fused-ring (bicyclic) bond motifs is 1. The van der Waals surface area contributed by atoms with Crippen LogP contribution in [-0.4, -0.2) is 187 Å². The fourth-order valence-corrected chi connectivity index (χ4v) is 10.3. The van der Waals surface area contributed by atoms with E-state index in [0.29, 0.717) is 38.0 Å². The zero-order valence-electron chi connectivity index (χ0n) is 44.5. The van der Waals surface area contributed by atoms with Crippen LogP contribution in [0.3, 0.4) is 0 Å². The van der Waals surface area contributed by atoms with Gasteiger partial charge in [0, 0.05) is 70.5 Å². The molecule has 73 heavy (non-hydrogen) atoms. The minimum absolute atomic E-state index is 0.0261. The summed E-state index contributed by atoms with van der Waals surface area (Å²) in [5.41, 5.74) is 0.138. The monoisotopic (exact) mass is 1030 g/mol. The summed E-state index contributed by atoms with van der Waals surface area (Å²) in [5, 5.41) is 24.9. The van der Waals surface area contributed by atoms with E-state index in [9.17, 15) is 34.2 Å². The number of cyclic esters (lactones) is 1. The number of hydrogen-bond donors (Lipinski definition) is 2. The average molecular weight is 1030 g/mol. The number of ether oxygens (including phenoxy) is 9. The number of carbonyl (C=O) groups is 5. The van der Waals surface area contributed by atoms with E-state index in [1.807, 2.05) is 49.2 Å². The van der Waals surface area contributed by atoms with Crippen LogP contribution in [0.1, 0.15) is 112 Å². The Balaban J connectivity index is 1.46. The smallest absolute Gasteiger partial charge is 0.309 e. The molecule has 2 N–H and O–H groups in total. The summed E-state index contributed by atoms with van der Waals surface area (Å²) in [6.45, 7) is 12.4. The molecular formula is C53H80N4O16. The fourth-order valence-electron chi connectivity index (χ4n) is 10.3. The van der Waals surface area contributed by atoms with Crippen LogP contribution in [0, 0.1) is 11.8 Å². The number of rotatable bonds is 16. The van der Waals surface area contributed by atoms with Gasteiger partial charge in [-0.15, -0.1) is 0 Å². The maximum atomic E-state index is 14.2. The predicted molar refractivity (Wildman–Crippen MR) is 266 cm³/mol. The highest BCUT2D eigenvalue weighted by Gasteiger charge is 2.54. The van der Waals surface area contributed by atoms with Crippen LogP contribution in [0.2, 0.25) is 0 Å². The Labute approximate surface area is 429 Å². The molecule has 5 heterocycles. The molecule has 0 spiro atoms. The number of esters is 4. The first kappa shape index (κ1) is 59.4. The predicted octanol–water partition coefficient (Wildman–Crippen LogP) is 4.57. The van der Waals surface area contributed by atoms with E-state index in [-0.39, 0.29) is 32.1 Å². The second-order valence-corrected chi connectivity index (χ2v) is 20.2. The molecular weight excluding hydrogens is 949 g/mol. The molecule has 3 aliphatic rings. The molecule has 0 saturated carbocycles. The molecule has 3 fully saturated rings. The summed E-state index contributed by atoms with van der Waals surface area (Å²) < 4.78 is 56.1. The molecule has 408 valence electrons. The van der Waals surface area contributed by atoms with Crippen molar-refractivity contribution in [1.29, 1.82) is 0 Å². The summed E-state index contributed by atoms with van der Waals surface area (Å²) in [7, 11) is 6.79. The normalized spacial score (nSPS) is 34.5. The number of β-amino-alcohol motifs (C(OH)–C–C–N with tert-alkyl or cyclic N) is 1. The van der Waals surface area contributed by atoms with Gasteiger partial charge in [0.2, 0.25) is 0 Å². The third-order valence-electron chi connectivity index (χ3n) is 14.0. The Morgan fingerprint density at radius 2 is 1.71 bits per heavy atom. The second-order valence-electron chi connectivity index (χ2n) is 20.2. The van der Waals surface area contributed by atoms with E-state index >= 15 is 0 Å². The number of aromatic nitrogens is 2. The highest BCUT2D eigenvalue weighted by atomic mass is 16.7. The Hall–Kier alpha value is -4.51. The highest BCUT2D eigenvalue weighted by Crippen LogP contribution is 2.39. The topological polar surface area (TPSA) is 241 Å². The van der Waals surface area contributed by atoms with Crippen molar-refractivity contribution in [1.82, 2.24) is 19.8 Å². The molecule has 0 radical (unpaired) electrons.